The third-order valence-electron chi connectivity index (χ3n) is 6.39. The average molecular weight is 590 g/mol. The fraction of sp³-hybridized carbons (Fsp3) is 0.550. The molecule has 0 aromatic carbocycles. The van der Waals surface area contributed by atoms with E-state index in [1.165, 1.54) is 30.3 Å². The molecule has 17 nitrogen and oxygen atoms in total. The third-order valence-corrected chi connectivity index (χ3v) is 7.98. The standard InChI is InChI=1S/C20H26N7O9PS.H3N/c1-9-4-26(20(31)25-19(9)30)14-2-10(29)13(35-14)6-33-37(32,38)36-11-3-15(34-12(11)5-28)27-8-24-16-17(21)22-7-23-18(16)27;/h4,7-8,10-15,28-29H,2-3,5-6H2,1H3,(H,32,38)(H2,21,22,23)(H,25,30,31);1H3/p+1/t10?,11?,12-,13-,14-,15-,37?;/m1./s1. The molecule has 0 spiro atoms. The Balaban J connectivity index is 0.00000353. The summed E-state index contributed by atoms with van der Waals surface area (Å²) < 4.78 is 25.5. The van der Waals surface area contributed by atoms with Gasteiger partial charge in [-0.25, -0.2) is 19.7 Å². The van der Waals surface area contributed by atoms with Crippen LogP contribution in [0.5, 0.6) is 0 Å². The van der Waals surface area contributed by atoms with Crippen LogP contribution in [0.3, 0.4) is 0 Å². The first-order valence-electron chi connectivity index (χ1n) is 11.6. The number of ether oxygens (including phenoxy) is 2. The molecular formula is C20H30N8O9PS+. The van der Waals surface area contributed by atoms with Crippen LogP contribution in [0.25, 0.3) is 11.2 Å². The lowest BCUT2D eigenvalue weighted by Gasteiger charge is -2.24. The van der Waals surface area contributed by atoms with Gasteiger partial charge < -0.3 is 45.5 Å². The van der Waals surface area contributed by atoms with Crippen LogP contribution in [0, 0.1) is 6.92 Å². The van der Waals surface area contributed by atoms with Crippen molar-refractivity contribution < 1.29 is 33.6 Å². The summed E-state index contributed by atoms with van der Waals surface area (Å²) in [5.74, 6) is 0.205. The van der Waals surface area contributed by atoms with Crippen molar-refractivity contribution in [3.8, 4) is 0 Å². The second-order valence-corrected chi connectivity index (χ2v) is 11.7. The molecule has 39 heavy (non-hydrogen) atoms. The lowest BCUT2D eigenvalue weighted by atomic mass is 10.2. The number of nitrogens with one attached hydrogen (secondary N) is 1. The number of nitrogens with two attached hydrogens (primary N) is 1. The van der Waals surface area contributed by atoms with Crippen molar-refractivity contribution in [2.45, 2.75) is 56.6 Å². The van der Waals surface area contributed by atoms with E-state index < -0.39 is 61.4 Å². The van der Waals surface area contributed by atoms with Crippen LogP contribution in [-0.2, 0) is 30.3 Å². The van der Waals surface area contributed by atoms with Crippen molar-refractivity contribution in [2.75, 3.05) is 18.9 Å². The second kappa shape index (κ2) is 11.5. The normalized spacial score (nSPS) is 28.4. The number of hydrogen-bond donors (Lipinski definition) is 6. The van der Waals surface area contributed by atoms with Crippen LogP contribution in [0.2, 0.25) is 0 Å². The number of aromatic amines is 1. The monoisotopic (exact) mass is 589 g/mol. The van der Waals surface area contributed by atoms with E-state index in [-0.39, 0.29) is 31.4 Å². The Hall–Kier alpha value is -2.64. The van der Waals surface area contributed by atoms with Crippen molar-refractivity contribution in [1.29, 1.82) is 0 Å². The molecule has 0 aliphatic carbocycles. The SMILES string of the molecule is Cc1cn([C@H]2CC(O)[C@@H](COP(O)(=S)OC3C[C@H](n4cnc5c(N)ncnc54)O[C@@H]3CO)O2)c(=O)[nH]c1=O.[NH4+]. The first-order chi connectivity index (χ1) is 18.1. The summed E-state index contributed by atoms with van der Waals surface area (Å²) >= 11 is 5.16. The smallest absolute Gasteiger partial charge is 0.330 e. The van der Waals surface area contributed by atoms with Gasteiger partial charge in [-0.15, -0.1) is 0 Å². The minimum Gasteiger partial charge on any atom is -0.394 e. The summed E-state index contributed by atoms with van der Waals surface area (Å²) in [5.41, 5.74) is 5.77. The number of anilines is 1. The zero-order valence-corrected chi connectivity index (χ0v) is 22.7. The first kappa shape index (κ1) is 29.3. The molecule has 0 amide bonds. The molecular weight excluding hydrogens is 559 g/mol. The molecule has 19 heteroatoms. The fourth-order valence-corrected chi connectivity index (χ4v) is 5.91. The number of imidazole rings is 1. The molecule has 2 aliphatic rings. The van der Waals surface area contributed by atoms with Gasteiger partial charge in [0.05, 0.1) is 31.7 Å². The van der Waals surface area contributed by atoms with Crippen molar-refractivity contribution in [3.63, 3.8) is 0 Å². The minimum absolute atomic E-state index is 0. The van der Waals surface area contributed by atoms with Gasteiger partial charge in [-0.2, -0.15) is 0 Å². The van der Waals surface area contributed by atoms with Gasteiger partial charge in [0.15, 0.2) is 11.5 Å². The zero-order chi connectivity index (χ0) is 27.2. The van der Waals surface area contributed by atoms with E-state index in [0.717, 1.165) is 0 Å². The highest BCUT2D eigenvalue weighted by Gasteiger charge is 2.42. The number of fused-ring (bicyclic) bond motifs is 1. The van der Waals surface area contributed by atoms with Gasteiger partial charge in [0.25, 0.3) is 5.56 Å². The minimum atomic E-state index is -3.88. The van der Waals surface area contributed by atoms with Crippen molar-refractivity contribution in [1.82, 2.24) is 35.2 Å². The first-order valence-corrected chi connectivity index (χ1v) is 14.2. The van der Waals surface area contributed by atoms with Crippen molar-refractivity contribution in [2.24, 2.45) is 0 Å². The van der Waals surface area contributed by atoms with Crippen molar-refractivity contribution >= 4 is 35.5 Å². The lowest BCUT2D eigenvalue weighted by molar-refractivity contribution is -0.0521. The molecule has 3 aromatic rings. The highest BCUT2D eigenvalue weighted by molar-refractivity contribution is 8.07. The quantitative estimate of drug-likeness (QED) is 0.176. The van der Waals surface area contributed by atoms with Gasteiger partial charge in [-0.1, -0.05) is 0 Å². The van der Waals surface area contributed by atoms with E-state index in [2.05, 4.69) is 19.9 Å². The van der Waals surface area contributed by atoms with Gasteiger partial charge in [0.2, 0.25) is 0 Å². The molecule has 5 rings (SSSR count). The van der Waals surface area contributed by atoms with Crippen molar-refractivity contribution in [3.05, 3.63) is 45.3 Å². The molecule has 0 bridgehead atoms. The molecule has 3 aromatic heterocycles. The Morgan fingerprint density at radius 3 is 2.67 bits per heavy atom. The Morgan fingerprint density at radius 2 is 1.92 bits per heavy atom. The molecule has 2 aliphatic heterocycles. The number of nitrogens with zero attached hydrogens (tertiary/aromatic N) is 5. The predicted octanol–water partition coefficient (Wildman–Crippen LogP) is -0.810. The van der Waals surface area contributed by atoms with E-state index in [1.807, 2.05) is 0 Å². The summed E-state index contributed by atoms with van der Waals surface area (Å²) in [7, 11) is 0. The van der Waals surface area contributed by atoms with Crippen LogP contribution < -0.4 is 23.1 Å². The highest BCUT2D eigenvalue weighted by Crippen LogP contribution is 2.49. The highest BCUT2D eigenvalue weighted by atomic mass is 32.5. The maximum Gasteiger partial charge on any atom is 0.330 e. The fourth-order valence-electron chi connectivity index (χ4n) is 4.43. The molecule has 2 saturated heterocycles. The number of aryl methyl sites for hydroxylation is 1. The molecule has 0 saturated carbocycles. The summed E-state index contributed by atoms with van der Waals surface area (Å²) in [4.78, 5) is 49.0. The molecule has 2 fully saturated rings. The van der Waals surface area contributed by atoms with E-state index >= 15 is 0 Å². The Bertz CT molecular complexity index is 1500. The van der Waals surface area contributed by atoms with Crippen LogP contribution in [0.1, 0.15) is 30.9 Å². The van der Waals surface area contributed by atoms with E-state index in [0.29, 0.717) is 16.7 Å². The van der Waals surface area contributed by atoms with Gasteiger partial charge in [-0.05, 0) is 18.7 Å². The van der Waals surface area contributed by atoms with Gasteiger partial charge >= 0.3 is 12.4 Å². The van der Waals surface area contributed by atoms with Crippen LogP contribution in [0.15, 0.2) is 28.4 Å². The Kier molecular flexibility index (Phi) is 8.62. The van der Waals surface area contributed by atoms with Crippen LogP contribution in [-0.4, -0.2) is 81.8 Å². The van der Waals surface area contributed by atoms with Crippen LogP contribution in [0.4, 0.5) is 5.82 Å². The average Bonchev–Trinajstić information content (AvgIpc) is 3.57. The molecule has 214 valence electrons. The summed E-state index contributed by atoms with van der Waals surface area (Å²) in [5, 5.41) is 20.2. The lowest BCUT2D eigenvalue weighted by Crippen LogP contribution is -2.33. The number of aliphatic hydroxyl groups is 2. The molecule has 10 N–H and O–H groups in total. The number of nitrogen functional groups attached to an aromatic ring is 1. The maximum atomic E-state index is 12.2. The Morgan fingerprint density at radius 1 is 1.21 bits per heavy atom. The number of quaternary nitrogens is 1. The molecule has 5 heterocycles. The summed E-state index contributed by atoms with van der Waals surface area (Å²) in [6.45, 7) is -3.09. The molecule has 7 atom stereocenters. The largest absolute Gasteiger partial charge is 0.394 e. The summed E-state index contributed by atoms with van der Waals surface area (Å²) in [6, 6.07) is 0. The van der Waals surface area contributed by atoms with Gasteiger partial charge in [-0.3, -0.25) is 18.9 Å². The second-order valence-electron chi connectivity index (χ2n) is 8.95. The number of H-pyrrole nitrogens is 1. The number of aliphatic hydroxyl groups excluding tert-OH is 2. The summed E-state index contributed by atoms with van der Waals surface area (Å²) in [6.07, 6.45) is -0.787. The molecule has 0 radical (unpaired) electrons. The zero-order valence-electron chi connectivity index (χ0n) is 21.0. The topological polar surface area (TPSA) is 259 Å². The van der Waals surface area contributed by atoms with E-state index in [9.17, 15) is 24.7 Å². The molecule has 3 unspecified atom stereocenters. The van der Waals surface area contributed by atoms with E-state index in [1.54, 1.807) is 4.57 Å². The number of hydrogen-bond acceptors (Lipinski definition) is 13. The van der Waals surface area contributed by atoms with Crippen LogP contribution >= 0.6 is 6.72 Å². The third kappa shape index (κ3) is 5.94. The van der Waals surface area contributed by atoms with E-state index in [4.69, 9.17) is 36.1 Å². The maximum absolute atomic E-state index is 12.2. The Labute approximate surface area is 225 Å². The predicted molar refractivity (Wildman–Crippen MR) is 139 cm³/mol. The van der Waals surface area contributed by atoms with Gasteiger partial charge in [0.1, 0.15) is 36.5 Å². The number of rotatable bonds is 8. The number of aromatic nitrogens is 6. The van der Waals surface area contributed by atoms with Gasteiger partial charge in [0, 0.05) is 24.6 Å².